The van der Waals surface area contributed by atoms with Crippen molar-refractivity contribution in [2.24, 2.45) is 0 Å². The minimum Gasteiger partial charge on any atom is -0.455 e. The average Bonchev–Trinajstić information content (AvgIpc) is 2.51. The van der Waals surface area contributed by atoms with Crippen molar-refractivity contribution in [1.29, 1.82) is 0 Å². The first kappa shape index (κ1) is 17.1. The predicted molar refractivity (Wildman–Crippen MR) is 93.2 cm³/mol. The van der Waals surface area contributed by atoms with Gasteiger partial charge >= 0.3 is 0 Å². The second kappa shape index (κ2) is 8.39. The van der Waals surface area contributed by atoms with Crippen LogP contribution in [0.15, 0.2) is 42.5 Å². The third-order valence-corrected chi connectivity index (χ3v) is 4.09. The van der Waals surface area contributed by atoms with Crippen LogP contribution in [0.2, 0.25) is 10.0 Å². The lowest BCUT2D eigenvalue weighted by Gasteiger charge is -2.19. The lowest BCUT2D eigenvalue weighted by Crippen LogP contribution is -2.27. The third kappa shape index (κ3) is 4.62. The van der Waals surface area contributed by atoms with E-state index in [0.29, 0.717) is 15.8 Å². The van der Waals surface area contributed by atoms with Gasteiger partial charge in [0.1, 0.15) is 16.5 Å². The largest absolute Gasteiger partial charge is 0.455 e. The smallest absolute Gasteiger partial charge is 0.147 e. The first-order chi connectivity index (χ1) is 10.6. The number of hydrogen-bond acceptors (Lipinski definition) is 3. The fourth-order valence-corrected chi connectivity index (χ4v) is 2.42. The van der Waals surface area contributed by atoms with Gasteiger partial charge in [0.15, 0.2) is 0 Å². The molecule has 0 heterocycles. The molecule has 1 N–H and O–H groups in total. The SMILES string of the molecule is CNCCN(C)Cc1ccccc1Oc1cccc(Cl)c1Cl. The summed E-state index contributed by atoms with van der Waals surface area (Å²) in [7, 11) is 4.03. The molecule has 2 rings (SSSR count). The molecule has 0 fully saturated rings. The fourth-order valence-electron chi connectivity index (χ4n) is 2.09. The maximum atomic E-state index is 6.19. The van der Waals surface area contributed by atoms with E-state index in [0.717, 1.165) is 30.9 Å². The number of ether oxygens (including phenoxy) is 1. The monoisotopic (exact) mass is 338 g/mol. The van der Waals surface area contributed by atoms with Crippen LogP contribution in [0.5, 0.6) is 11.5 Å². The zero-order valence-corrected chi connectivity index (χ0v) is 14.3. The highest BCUT2D eigenvalue weighted by Gasteiger charge is 2.10. The average molecular weight is 339 g/mol. The first-order valence-corrected chi connectivity index (χ1v) is 7.90. The van der Waals surface area contributed by atoms with Gasteiger partial charge in [-0.25, -0.2) is 0 Å². The van der Waals surface area contributed by atoms with E-state index in [1.807, 2.05) is 37.4 Å². The molecule has 118 valence electrons. The molecule has 3 nitrogen and oxygen atoms in total. The number of nitrogens with one attached hydrogen (secondary N) is 1. The highest BCUT2D eigenvalue weighted by Crippen LogP contribution is 2.35. The van der Waals surface area contributed by atoms with E-state index >= 15 is 0 Å². The molecule has 0 aliphatic rings. The summed E-state index contributed by atoms with van der Waals surface area (Å²) >= 11 is 12.2. The second-order valence-corrected chi connectivity index (χ2v) is 5.89. The Morgan fingerprint density at radius 2 is 1.77 bits per heavy atom. The van der Waals surface area contributed by atoms with Gasteiger partial charge in [-0.2, -0.15) is 0 Å². The summed E-state index contributed by atoms with van der Waals surface area (Å²) in [6.07, 6.45) is 0. The summed E-state index contributed by atoms with van der Waals surface area (Å²) in [4.78, 5) is 2.23. The molecule has 0 unspecified atom stereocenters. The first-order valence-electron chi connectivity index (χ1n) is 7.14. The number of para-hydroxylation sites is 1. The molecule has 0 bridgehead atoms. The Hall–Kier alpha value is -1.26. The number of halogens is 2. The maximum Gasteiger partial charge on any atom is 0.147 e. The Morgan fingerprint density at radius 1 is 1.05 bits per heavy atom. The van der Waals surface area contributed by atoms with Crippen LogP contribution in [0.25, 0.3) is 0 Å². The van der Waals surface area contributed by atoms with E-state index in [4.69, 9.17) is 27.9 Å². The molecule has 0 spiro atoms. The minimum atomic E-state index is 0.433. The summed E-state index contributed by atoms with van der Waals surface area (Å²) in [5.74, 6) is 1.36. The van der Waals surface area contributed by atoms with Crippen LogP contribution in [0, 0.1) is 0 Å². The molecule has 22 heavy (non-hydrogen) atoms. The van der Waals surface area contributed by atoms with E-state index in [1.165, 1.54) is 0 Å². The molecule has 0 amide bonds. The molecule has 0 atom stereocenters. The molecule has 0 saturated heterocycles. The number of rotatable bonds is 7. The van der Waals surface area contributed by atoms with Gasteiger partial charge in [-0.15, -0.1) is 0 Å². The van der Waals surface area contributed by atoms with Gasteiger partial charge in [-0.3, -0.25) is 0 Å². The number of benzene rings is 2. The van der Waals surface area contributed by atoms with Crippen molar-refractivity contribution >= 4 is 23.2 Å². The van der Waals surface area contributed by atoms with Crippen molar-refractivity contribution in [1.82, 2.24) is 10.2 Å². The minimum absolute atomic E-state index is 0.433. The van der Waals surface area contributed by atoms with Crippen molar-refractivity contribution in [2.45, 2.75) is 6.54 Å². The molecule has 0 aliphatic heterocycles. The molecule has 0 saturated carbocycles. The van der Waals surface area contributed by atoms with Crippen molar-refractivity contribution in [3.63, 3.8) is 0 Å². The van der Waals surface area contributed by atoms with Crippen molar-refractivity contribution in [2.75, 3.05) is 27.2 Å². The molecule has 0 radical (unpaired) electrons. The van der Waals surface area contributed by atoms with Gasteiger partial charge in [-0.1, -0.05) is 47.5 Å². The topological polar surface area (TPSA) is 24.5 Å². The molecular weight excluding hydrogens is 319 g/mol. The molecule has 2 aromatic carbocycles. The lowest BCUT2D eigenvalue weighted by molar-refractivity contribution is 0.322. The van der Waals surface area contributed by atoms with Gasteiger partial charge < -0.3 is 15.0 Å². The van der Waals surface area contributed by atoms with Gasteiger partial charge in [0.25, 0.3) is 0 Å². The van der Waals surface area contributed by atoms with Gasteiger partial charge in [0.2, 0.25) is 0 Å². The zero-order chi connectivity index (χ0) is 15.9. The quantitative estimate of drug-likeness (QED) is 0.807. The second-order valence-electron chi connectivity index (χ2n) is 5.10. The number of hydrogen-bond donors (Lipinski definition) is 1. The summed E-state index contributed by atoms with van der Waals surface area (Å²) in [6.45, 7) is 2.71. The van der Waals surface area contributed by atoms with Crippen molar-refractivity contribution in [3.05, 3.63) is 58.1 Å². The van der Waals surface area contributed by atoms with Crippen LogP contribution in [0.1, 0.15) is 5.56 Å². The number of likely N-dealkylation sites (N-methyl/N-ethyl adjacent to an activating group) is 2. The Kier molecular flexibility index (Phi) is 6.52. The summed E-state index contributed by atoms with van der Waals surface area (Å²) < 4.78 is 5.97. The standard InChI is InChI=1S/C17H20Cl2N2O/c1-20-10-11-21(2)12-13-6-3-4-8-15(13)22-16-9-5-7-14(18)17(16)19/h3-9,20H,10-12H2,1-2H3. The third-order valence-electron chi connectivity index (χ3n) is 3.29. The van der Waals surface area contributed by atoms with E-state index in [-0.39, 0.29) is 0 Å². The zero-order valence-electron chi connectivity index (χ0n) is 12.8. The van der Waals surface area contributed by atoms with Crippen LogP contribution < -0.4 is 10.1 Å². The van der Waals surface area contributed by atoms with Crippen molar-refractivity contribution < 1.29 is 4.74 Å². The van der Waals surface area contributed by atoms with Gasteiger partial charge in [0.05, 0.1) is 5.02 Å². The molecule has 2 aromatic rings. The van der Waals surface area contributed by atoms with Crippen LogP contribution in [0.3, 0.4) is 0 Å². The molecule has 0 aromatic heterocycles. The molecule has 0 aliphatic carbocycles. The fraction of sp³-hybridized carbons (Fsp3) is 0.294. The normalized spacial score (nSPS) is 11.0. The van der Waals surface area contributed by atoms with Gasteiger partial charge in [-0.05, 0) is 32.3 Å². The van der Waals surface area contributed by atoms with E-state index < -0.39 is 0 Å². The highest BCUT2D eigenvalue weighted by molar-refractivity contribution is 6.42. The summed E-state index contributed by atoms with van der Waals surface area (Å²) in [5.41, 5.74) is 1.11. The highest BCUT2D eigenvalue weighted by atomic mass is 35.5. The van der Waals surface area contributed by atoms with E-state index in [2.05, 4.69) is 23.3 Å². The lowest BCUT2D eigenvalue weighted by atomic mass is 10.2. The van der Waals surface area contributed by atoms with Crippen LogP contribution in [-0.2, 0) is 6.54 Å². The predicted octanol–water partition coefficient (Wildman–Crippen LogP) is 4.44. The van der Waals surface area contributed by atoms with Crippen LogP contribution in [-0.4, -0.2) is 32.1 Å². The van der Waals surface area contributed by atoms with Crippen molar-refractivity contribution in [3.8, 4) is 11.5 Å². The van der Waals surface area contributed by atoms with E-state index in [9.17, 15) is 0 Å². The molecular formula is C17H20Cl2N2O. The van der Waals surface area contributed by atoms with Crippen LogP contribution in [0.4, 0.5) is 0 Å². The molecule has 5 heteroatoms. The Labute approximate surface area is 141 Å². The maximum absolute atomic E-state index is 6.19. The Morgan fingerprint density at radius 3 is 2.55 bits per heavy atom. The number of nitrogens with zero attached hydrogens (tertiary/aromatic N) is 1. The van der Waals surface area contributed by atoms with Crippen LogP contribution >= 0.6 is 23.2 Å². The summed E-state index contributed by atoms with van der Waals surface area (Å²) in [6, 6.07) is 13.3. The Balaban J connectivity index is 2.16. The Bertz CT molecular complexity index is 619. The van der Waals surface area contributed by atoms with Gasteiger partial charge in [0, 0.05) is 25.2 Å². The summed E-state index contributed by atoms with van der Waals surface area (Å²) in [5, 5.41) is 4.07. The van der Waals surface area contributed by atoms with E-state index in [1.54, 1.807) is 6.07 Å².